The summed E-state index contributed by atoms with van der Waals surface area (Å²) in [4.78, 5) is 0. The molecular weight excluding hydrogens is 709 g/mol. The highest BCUT2D eigenvalue weighted by molar-refractivity contribution is 7.26. The molecule has 0 fully saturated rings. The maximum absolute atomic E-state index is 3.62. The second-order valence-electron chi connectivity index (χ2n) is 14.6. The Morgan fingerprint density at radius 1 is 0.351 bits per heavy atom. The van der Waals surface area contributed by atoms with Gasteiger partial charge in [0.05, 0.1) is 11.0 Å². The summed E-state index contributed by atoms with van der Waals surface area (Å²) in [6.45, 7) is 0. The van der Waals surface area contributed by atoms with Crippen molar-refractivity contribution in [1.82, 2.24) is 4.57 Å². The molecule has 0 amide bonds. The Labute approximate surface area is 335 Å². The first kappa shape index (κ1) is 33.2. The molecule has 268 valence electrons. The summed E-state index contributed by atoms with van der Waals surface area (Å²) in [5.74, 6) is 0. The third-order valence-electron chi connectivity index (χ3n) is 11.2. The van der Waals surface area contributed by atoms with E-state index >= 15 is 0 Å². The maximum Gasteiger partial charge on any atom is 0.0547 e. The highest BCUT2D eigenvalue weighted by atomic mass is 32.1. The van der Waals surface area contributed by atoms with Gasteiger partial charge < -0.3 is 9.88 Å². The van der Waals surface area contributed by atoms with Crippen molar-refractivity contribution in [1.29, 1.82) is 0 Å². The third kappa shape index (κ3) is 5.88. The van der Waals surface area contributed by atoms with E-state index in [2.05, 4.69) is 216 Å². The quantitative estimate of drug-likeness (QED) is 0.172. The summed E-state index contributed by atoms with van der Waals surface area (Å²) >= 11 is 1.88. The summed E-state index contributed by atoms with van der Waals surface area (Å²) in [5, 5.41) is 8.75. The lowest BCUT2D eigenvalue weighted by atomic mass is 9.95. The Bertz CT molecular complexity index is 3260. The summed E-state index contributed by atoms with van der Waals surface area (Å²) in [5.41, 5.74) is 15.3. The first-order chi connectivity index (χ1) is 28.2. The van der Waals surface area contributed by atoms with Gasteiger partial charge in [0.15, 0.2) is 0 Å². The lowest BCUT2D eigenvalue weighted by Crippen LogP contribution is -1.93. The third-order valence-corrected chi connectivity index (χ3v) is 12.4. The molecule has 2 aromatic heterocycles. The van der Waals surface area contributed by atoms with Gasteiger partial charge in [-0.1, -0.05) is 146 Å². The average molecular weight is 745 g/mol. The maximum atomic E-state index is 3.62. The van der Waals surface area contributed by atoms with Crippen LogP contribution in [0.3, 0.4) is 0 Å². The largest absolute Gasteiger partial charge is 0.355 e. The summed E-state index contributed by atoms with van der Waals surface area (Å²) < 4.78 is 5.08. The Balaban J connectivity index is 1.00. The zero-order chi connectivity index (χ0) is 37.7. The number of para-hydroxylation sites is 3. The minimum absolute atomic E-state index is 1.07. The molecule has 2 heterocycles. The Hall–Kier alpha value is -7.20. The van der Waals surface area contributed by atoms with Crippen LogP contribution in [0.15, 0.2) is 212 Å². The molecule has 9 aromatic carbocycles. The monoisotopic (exact) mass is 744 g/mol. The van der Waals surface area contributed by atoms with Crippen molar-refractivity contribution in [3.8, 4) is 50.2 Å². The van der Waals surface area contributed by atoms with Crippen molar-refractivity contribution in [2.24, 2.45) is 0 Å². The fourth-order valence-corrected chi connectivity index (χ4v) is 9.70. The zero-order valence-electron chi connectivity index (χ0n) is 31.1. The first-order valence-electron chi connectivity index (χ1n) is 19.4. The molecule has 0 aliphatic rings. The Morgan fingerprint density at radius 3 is 1.77 bits per heavy atom. The number of aromatic nitrogens is 1. The molecule has 1 N–H and O–H groups in total. The van der Waals surface area contributed by atoms with Gasteiger partial charge >= 0.3 is 0 Å². The van der Waals surface area contributed by atoms with E-state index in [4.69, 9.17) is 0 Å². The molecule has 0 saturated carbocycles. The van der Waals surface area contributed by atoms with Crippen LogP contribution >= 0.6 is 11.3 Å². The predicted molar refractivity (Wildman–Crippen MR) is 245 cm³/mol. The fourth-order valence-electron chi connectivity index (χ4n) is 8.46. The van der Waals surface area contributed by atoms with Gasteiger partial charge in [-0.05, 0) is 106 Å². The number of hydrogen-bond donors (Lipinski definition) is 1. The van der Waals surface area contributed by atoms with Crippen molar-refractivity contribution < 1.29 is 0 Å². The van der Waals surface area contributed by atoms with Gasteiger partial charge in [0.1, 0.15) is 0 Å². The first-order valence-corrected chi connectivity index (χ1v) is 20.2. The van der Waals surface area contributed by atoms with E-state index in [-0.39, 0.29) is 0 Å². The molecule has 0 saturated heterocycles. The molecule has 11 aromatic rings. The zero-order valence-corrected chi connectivity index (χ0v) is 31.9. The van der Waals surface area contributed by atoms with Crippen LogP contribution in [0.5, 0.6) is 0 Å². The van der Waals surface area contributed by atoms with Crippen LogP contribution in [0.2, 0.25) is 0 Å². The molecule has 0 unspecified atom stereocenters. The standard InChI is InChI=1S/C54H36N2S/c1-3-18-42(19-4-1)55-50-26-9-7-22-44(50)40-17-12-16-38(33-40)36-14-11-15-37(32-36)39-29-31-51-49(34-39)46-30-28-41(35-52(46)56(51)43-20-5-2-6-21-43)45-24-13-25-48-47-23-8-10-27-53(47)57-54(45)48/h1-35,55H. The van der Waals surface area contributed by atoms with E-state index in [1.54, 1.807) is 0 Å². The van der Waals surface area contributed by atoms with Crippen LogP contribution in [-0.2, 0) is 0 Å². The van der Waals surface area contributed by atoms with Gasteiger partial charge in [0.25, 0.3) is 0 Å². The van der Waals surface area contributed by atoms with Gasteiger partial charge in [-0.15, -0.1) is 11.3 Å². The van der Waals surface area contributed by atoms with E-state index in [0.717, 1.165) is 17.1 Å². The molecule has 0 radical (unpaired) electrons. The number of nitrogens with one attached hydrogen (secondary N) is 1. The molecule has 3 heteroatoms. The number of benzene rings is 9. The lowest BCUT2D eigenvalue weighted by Gasteiger charge is -2.14. The smallest absolute Gasteiger partial charge is 0.0547 e. The van der Waals surface area contributed by atoms with Crippen molar-refractivity contribution in [3.63, 3.8) is 0 Å². The molecule has 2 nitrogen and oxygen atoms in total. The SMILES string of the molecule is c1ccc(Nc2ccccc2-c2cccc(-c3cccc(-c4ccc5c(c4)c4ccc(-c6cccc7c6sc6ccccc67)cc4n5-c4ccccc4)c3)c2)cc1. The van der Waals surface area contributed by atoms with Crippen molar-refractivity contribution >= 4 is 64.7 Å². The fraction of sp³-hybridized carbons (Fsp3) is 0. The average Bonchev–Trinajstić information content (AvgIpc) is 3.82. The normalized spacial score (nSPS) is 11.5. The van der Waals surface area contributed by atoms with E-state index in [9.17, 15) is 0 Å². The summed E-state index contributed by atoms with van der Waals surface area (Å²) in [6.07, 6.45) is 0. The van der Waals surface area contributed by atoms with Crippen molar-refractivity contribution in [2.75, 3.05) is 5.32 Å². The second kappa shape index (κ2) is 13.8. The number of thiophene rings is 1. The van der Waals surface area contributed by atoms with Crippen LogP contribution in [-0.4, -0.2) is 4.57 Å². The number of nitrogens with zero attached hydrogens (tertiary/aromatic N) is 1. The van der Waals surface area contributed by atoms with Crippen LogP contribution in [0.4, 0.5) is 11.4 Å². The van der Waals surface area contributed by atoms with E-state index in [0.29, 0.717) is 0 Å². The van der Waals surface area contributed by atoms with Crippen LogP contribution in [0.25, 0.3) is 92.2 Å². The molecule has 0 atom stereocenters. The highest BCUT2D eigenvalue weighted by Gasteiger charge is 2.17. The Morgan fingerprint density at radius 2 is 0.947 bits per heavy atom. The predicted octanol–water partition coefficient (Wildman–Crippen LogP) is 15.6. The number of rotatable bonds is 7. The van der Waals surface area contributed by atoms with Crippen molar-refractivity contribution in [3.05, 3.63) is 212 Å². The summed E-state index contributed by atoms with van der Waals surface area (Å²) in [7, 11) is 0. The molecular formula is C54H36N2S. The molecule has 0 bridgehead atoms. The minimum atomic E-state index is 1.07. The van der Waals surface area contributed by atoms with Gasteiger partial charge in [0.2, 0.25) is 0 Å². The van der Waals surface area contributed by atoms with Gasteiger partial charge in [-0.25, -0.2) is 0 Å². The number of hydrogen-bond acceptors (Lipinski definition) is 2. The van der Waals surface area contributed by atoms with Gasteiger partial charge in [-0.3, -0.25) is 0 Å². The number of anilines is 2. The Kier molecular flexibility index (Phi) is 8.04. The molecule has 0 spiro atoms. The van der Waals surface area contributed by atoms with Crippen LogP contribution in [0.1, 0.15) is 0 Å². The van der Waals surface area contributed by atoms with E-state index in [1.165, 1.54) is 86.5 Å². The van der Waals surface area contributed by atoms with Gasteiger partial charge in [0, 0.05) is 53.6 Å². The second-order valence-corrected chi connectivity index (χ2v) is 15.7. The topological polar surface area (TPSA) is 17.0 Å². The number of fused-ring (bicyclic) bond motifs is 6. The molecule has 11 rings (SSSR count). The van der Waals surface area contributed by atoms with Gasteiger partial charge in [-0.2, -0.15) is 0 Å². The molecule has 0 aliphatic carbocycles. The molecule has 57 heavy (non-hydrogen) atoms. The van der Waals surface area contributed by atoms with Crippen LogP contribution < -0.4 is 5.32 Å². The lowest BCUT2D eigenvalue weighted by molar-refractivity contribution is 1.18. The van der Waals surface area contributed by atoms with E-state index < -0.39 is 0 Å². The van der Waals surface area contributed by atoms with Crippen LogP contribution in [0, 0.1) is 0 Å². The van der Waals surface area contributed by atoms with E-state index in [1.807, 2.05) is 17.4 Å². The minimum Gasteiger partial charge on any atom is -0.355 e. The molecule has 0 aliphatic heterocycles. The highest BCUT2D eigenvalue weighted by Crippen LogP contribution is 2.43. The van der Waals surface area contributed by atoms with Crippen molar-refractivity contribution in [2.45, 2.75) is 0 Å². The summed E-state index contributed by atoms with van der Waals surface area (Å²) in [6, 6.07) is 76.9.